The summed E-state index contributed by atoms with van der Waals surface area (Å²) in [5.41, 5.74) is 5.04. The van der Waals surface area contributed by atoms with Gasteiger partial charge >= 0.3 is 0 Å². The van der Waals surface area contributed by atoms with E-state index < -0.39 is 0 Å². The van der Waals surface area contributed by atoms with Gasteiger partial charge in [-0.1, -0.05) is 114 Å². The van der Waals surface area contributed by atoms with Crippen molar-refractivity contribution in [2.75, 3.05) is 108 Å². The third kappa shape index (κ3) is 18.2. The van der Waals surface area contributed by atoms with Crippen LogP contribution < -0.4 is 9.80 Å². The van der Waals surface area contributed by atoms with E-state index in [4.69, 9.17) is 0 Å². The van der Waals surface area contributed by atoms with E-state index in [1.54, 1.807) is 0 Å². The highest BCUT2D eigenvalue weighted by Crippen LogP contribution is 2.22. The van der Waals surface area contributed by atoms with Crippen LogP contribution in [0.1, 0.15) is 44.7 Å². The van der Waals surface area contributed by atoms with Crippen LogP contribution in [-0.4, -0.2) is 126 Å². The first-order chi connectivity index (χ1) is 25.8. The quantitative estimate of drug-likeness (QED) is 0.0328. The molecule has 0 saturated heterocycles. The van der Waals surface area contributed by atoms with Gasteiger partial charge in [0.25, 0.3) is 0 Å². The smallest absolute Gasteiger partial charge is 0.0364 e. The first-order valence-electron chi connectivity index (χ1n) is 19.6. The SMILES string of the molecule is CCN=C\C=C/C=C/C=C/c1ccc(N(C)CCCN(C)CCSSCCN(C)CCCN(C)c2ccc(/C=C/C3C(C)C=CCN3CC)cc2)cc1. The van der Waals surface area contributed by atoms with Crippen LogP contribution in [0.15, 0.2) is 102 Å². The molecule has 2 unspecified atom stereocenters. The number of hydrogen-bond acceptors (Lipinski definition) is 8. The predicted octanol–water partition coefficient (Wildman–Crippen LogP) is 9.41. The fourth-order valence-electron chi connectivity index (χ4n) is 6.22. The summed E-state index contributed by atoms with van der Waals surface area (Å²) in [4.78, 5) is 16.4. The van der Waals surface area contributed by atoms with Gasteiger partial charge in [-0.05, 0) is 101 Å². The summed E-state index contributed by atoms with van der Waals surface area (Å²) in [5.74, 6) is 2.89. The molecule has 1 aliphatic rings. The van der Waals surface area contributed by atoms with Gasteiger partial charge in [0.05, 0.1) is 0 Å². The van der Waals surface area contributed by atoms with Crippen molar-refractivity contribution < 1.29 is 0 Å². The normalized spacial score (nSPS) is 17.0. The largest absolute Gasteiger partial charge is 0.375 e. The highest BCUT2D eigenvalue weighted by Gasteiger charge is 2.21. The lowest BCUT2D eigenvalue weighted by Gasteiger charge is -2.34. The fraction of sp³-hybridized carbons (Fsp3) is 0.489. The monoisotopic (exact) mass is 756 g/mol. The van der Waals surface area contributed by atoms with Gasteiger partial charge in [0, 0.05) is 88.5 Å². The summed E-state index contributed by atoms with van der Waals surface area (Å²) >= 11 is 0. The second kappa shape index (κ2) is 26.7. The molecule has 8 heteroatoms. The molecule has 1 heterocycles. The van der Waals surface area contributed by atoms with Gasteiger partial charge in [-0.25, -0.2) is 0 Å². The van der Waals surface area contributed by atoms with E-state index in [-0.39, 0.29) is 0 Å². The molecule has 0 spiro atoms. The minimum Gasteiger partial charge on any atom is -0.375 e. The molecule has 0 fully saturated rings. The van der Waals surface area contributed by atoms with Gasteiger partial charge in [0.2, 0.25) is 0 Å². The minimum absolute atomic E-state index is 0.481. The molecule has 2 aromatic rings. The van der Waals surface area contributed by atoms with Crippen LogP contribution in [0.25, 0.3) is 12.2 Å². The Balaban J connectivity index is 1.19. The number of aliphatic imine (C=N–C) groups is 1. The summed E-state index contributed by atoms with van der Waals surface area (Å²) in [7, 11) is 12.9. The highest BCUT2D eigenvalue weighted by atomic mass is 33.1. The molecule has 2 atom stereocenters. The zero-order chi connectivity index (χ0) is 38.1. The third-order valence-corrected chi connectivity index (χ3v) is 12.0. The van der Waals surface area contributed by atoms with Crippen molar-refractivity contribution in [3.8, 4) is 0 Å². The zero-order valence-electron chi connectivity index (χ0n) is 33.8. The Morgan fingerprint density at radius 1 is 0.679 bits per heavy atom. The molecule has 0 bridgehead atoms. The van der Waals surface area contributed by atoms with Crippen molar-refractivity contribution in [3.63, 3.8) is 0 Å². The van der Waals surface area contributed by atoms with Crippen LogP contribution in [0.3, 0.4) is 0 Å². The van der Waals surface area contributed by atoms with E-state index in [0.29, 0.717) is 12.0 Å². The summed E-state index contributed by atoms with van der Waals surface area (Å²) in [6.45, 7) is 16.2. The van der Waals surface area contributed by atoms with Gasteiger partial charge in [0.15, 0.2) is 0 Å². The molecule has 1 aliphatic heterocycles. The molecular weight excluding hydrogens is 689 g/mol. The van der Waals surface area contributed by atoms with E-state index in [1.165, 1.54) is 40.4 Å². The molecule has 0 aromatic heterocycles. The number of benzene rings is 2. The minimum atomic E-state index is 0.481. The van der Waals surface area contributed by atoms with Gasteiger partial charge in [0.1, 0.15) is 0 Å². The lowest BCUT2D eigenvalue weighted by atomic mass is 9.95. The molecule has 0 aliphatic carbocycles. The molecule has 2 aromatic carbocycles. The number of allylic oxidation sites excluding steroid dienone is 5. The topological polar surface area (TPSA) is 28.6 Å². The van der Waals surface area contributed by atoms with Crippen molar-refractivity contribution in [1.82, 2.24) is 14.7 Å². The Morgan fingerprint density at radius 2 is 1.21 bits per heavy atom. The van der Waals surface area contributed by atoms with E-state index in [1.807, 2.05) is 59.0 Å². The van der Waals surface area contributed by atoms with Crippen molar-refractivity contribution in [2.24, 2.45) is 10.9 Å². The highest BCUT2D eigenvalue weighted by molar-refractivity contribution is 8.76. The van der Waals surface area contributed by atoms with Gasteiger partial charge in [-0.2, -0.15) is 0 Å². The Labute approximate surface area is 331 Å². The van der Waals surface area contributed by atoms with Gasteiger partial charge in [-0.15, -0.1) is 0 Å². The lowest BCUT2D eigenvalue weighted by molar-refractivity contribution is 0.220. The Hall–Kier alpha value is -3.01. The van der Waals surface area contributed by atoms with E-state index in [2.05, 4.69) is 157 Å². The average molecular weight is 757 g/mol. The summed E-state index contributed by atoms with van der Waals surface area (Å²) in [6.07, 6.45) is 25.7. The van der Waals surface area contributed by atoms with Crippen LogP contribution >= 0.6 is 21.6 Å². The third-order valence-electron chi connectivity index (χ3n) is 9.67. The summed E-state index contributed by atoms with van der Waals surface area (Å²) in [5, 5.41) is 0. The fourth-order valence-corrected chi connectivity index (χ4v) is 8.38. The van der Waals surface area contributed by atoms with E-state index in [9.17, 15) is 0 Å². The van der Waals surface area contributed by atoms with Gasteiger partial charge in [-0.3, -0.25) is 9.89 Å². The number of nitrogens with zero attached hydrogens (tertiary/aromatic N) is 6. The Morgan fingerprint density at radius 3 is 1.75 bits per heavy atom. The van der Waals surface area contributed by atoms with Crippen LogP contribution in [0.4, 0.5) is 11.4 Å². The van der Waals surface area contributed by atoms with Gasteiger partial charge < -0.3 is 19.6 Å². The number of rotatable bonds is 25. The first kappa shape index (κ1) is 44.4. The Bertz CT molecular complexity index is 1430. The van der Waals surface area contributed by atoms with Crippen LogP contribution in [0.5, 0.6) is 0 Å². The van der Waals surface area contributed by atoms with Crippen LogP contribution in [0, 0.1) is 5.92 Å². The van der Waals surface area contributed by atoms with Crippen molar-refractivity contribution in [2.45, 2.75) is 39.7 Å². The predicted molar refractivity (Wildman–Crippen MR) is 243 cm³/mol. The summed E-state index contributed by atoms with van der Waals surface area (Å²) < 4.78 is 0. The second-order valence-corrected chi connectivity index (χ2v) is 16.7. The molecule has 0 saturated carbocycles. The summed E-state index contributed by atoms with van der Waals surface area (Å²) in [6, 6.07) is 18.3. The molecule has 0 radical (unpaired) electrons. The number of likely N-dealkylation sites (N-methyl/N-ethyl adjacent to an activating group) is 1. The first-order valence-corrected chi connectivity index (χ1v) is 22.1. The maximum atomic E-state index is 4.16. The lowest BCUT2D eigenvalue weighted by Crippen LogP contribution is -2.40. The average Bonchev–Trinajstić information content (AvgIpc) is 3.17. The molecule has 53 heavy (non-hydrogen) atoms. The molecular formula is C45H68N6S2. The maximum Gasteiger partial charge on any atom is 0.0364 e. The number of hydrogen-bond donors (Lipinski definition) is 0. The Kier molecular flexibility index (Phi) is 22.4. The molecule has 290 valence electrons. The number of anilines is 2. The second-order valence-electron chi connectivity index (χ2n) is 14.0. The molecule has 3 rings (SSSR count). The van der Waals surface area contributed by atoms with E-state index >= 15 is 0 Å². The van der Waals surface area contributed by atoms with Crippen LogP contribution in [0.2, 0.25) is 0 Å². The molecule has 0 N–H and O–H groups in total. The standard InChI is InChI=1S/C45H68N6S2/c1-8-46-30-14-12-10-11-13-19-41-20-25-43(26-21-41)49(6)33-16-31-47(4)36-38-52-53-39-37-48(5)32-17-34-50(7)44-27-22-42(23-28-44)24-29-45-40(3)18-15-35-51(45)9-2/h10-15,18-30,40,45H,8-9,16-17,31-39H2,1-7H3/b11-10+,14-12-,19-13+,29-24+,46-30?. The van der Waals surface area contributed by atoms with Crippen molar-refractivity contribution in [3.05, 3.63) is 108 Å². The van der Waals surface area contributed by atoms with Crippen molar-refractivity contribution in [1.29, 1.82) is 0 Å². The van der Waals surface area contributed by atoms with Crippen LogP contribution in [-0.2, 0) is 0 Å². The zero-order valence-corrected chi connectivity index (χ0v) is 35.4. The molecule has 6 nitrogen and oxygen atoms in total. The molecule has 0 amide bonds. The van der Waals surface area contributed by atoms with E-state index in [0.717, 1.165) is 65.3 Å². The van der Waals surface area contributed by atoms with Crippen molar-refractivity contribution >= 4 is 51.3 Å². The maximum absolute atomic E-state index is 4.16.